The number of fused-ring (bicyclic) bond motifs is 1. The number of para-hydroxylation sites is 1. The molecular weight excluding hydrogens is 350 g/mol. The molecule has 0 heterocycles. The first-order valence-corrected chi connectivity index (χ1v) is 9.64. The second kappa shape index (κ2) is 9.18. The molecule has 28 heavy (non-hydrogen) atoms. The Morgan fingerprint density at radius 2 is 1.54 bits per heavy atom. The molecule has 0 aliphatic heterocycles. The molecule has 0 fully saturated rings. The molecule has 0 saturated heterocycles. The predicted molar refractivity (Wildman–Crippen MR) is 112 cm³/mol. The Kier molecular flexibility index (Phi) is 6.43. The summed E-state index contributed by atoms with van der Waals surface area (Å²) >= 11 is 0. The van der Waals surface area contributed by atoms with Crippen LogP contribution in [-0.4, -0.2) is 18.5 Å². The predicted octanol–water partition coefficient (Wildman–Crippen LogP) is 4.69. The average Bonchev–Trinajstić information content (AvgIpc) is 2.72. The smallest absolute Gasteiger partial charge is 0.310 e. The molecule has 0 radical (unpaired) electrons. The highest BCUT2D eigenvalue weighted by Gasteiger charge is 2.13. The fourth-order valence-corrected chi connectivity index (χ4v) is 3.29. The van der Waals surface area contributed by atoms with Crippen molar-refractivity contribution in [2.75, 3.05) is 11.9 Å². The van der Waals surface area contributed by atoms with Gasteiger partial charge in [-0.1, -0.05) is 74.5 Å². The fraction of sp³-hybridized carbons (Fsp3) is 0.250. The Balaban J connectivity index is 1.57. The van der Waals surface area contributed by atoms with Crippen LogP contribution >= 0.6 is 0 Å². The zero-order valence-corrected chi connectivity index (χ0v) is 16.3. The number of ether oxygens (including phenoxy) is 1. The van der Waals surface area contributed by atoms with Gasteiger partial charge >= 0.3 is 5.97 Å². The monoisotopic (exact) mass is 375 g/mol. The van der Waals surface area contributed by atoms with Crippen LogP contribution in [0.25, 0.3) is 10.8 Å². The summed E-state index contributed by atoms with van der Waals surface area (Å²) in [5.41, 5.74) is 3.86. The third-order valence-electron chi connectivity index (χ3n) is 4.79. The maximum absolute atomic E-state index is 12.3. The topological polar surface area (TPSA) is 55.4 Å². The first-order chi connectivity index (χ1) is 13.6. The van der Waals surface area contributed by atoms with E-state index in [0.717, 1.165) is 46.0 Å². The molecule has 0 aliphatic rings. The Labute approximate surface area is 165 Å². The van der Waals surface area contributed by atoms with Crippen molar-refractivity contribution in [1.82, 2.24) is 0 Å². The minimum atomic E-state index is -0.412. The number of rotatable bonds is 7. The van der Waals surface area contributed by atoms with Gasteiger partial charge < -0.3 is 10.1 Å². The maximum atomic E-state index is 12.3. The van der Waals surface area contributed by atoms with Gasteiger partial charge in [0.15, 0.2) is 6.61 Å². The molecule has 4 nitrogen and oxygen atoms in total. The van der Waals surface area contributed by atoms with Crippen LogP contribution in [0.2, 0.25) is 0 Å². The number of esters is 1. The lowest BCUT2D eigenvalue weighted by Crippen LogP contribution is -2.23. The van der Waals surface area contributed by atoms with E-state index in [9.17, 15) is 9.59 Å². The van der Waals surface area contributed by atoms with Crippen molar-refractivity contribution in [3.8, 4) is 0 Å². The zero-order chi connectivity index (χ0) is 19.9. The fourth-order valence-electron chi connectivity index (χ4n) is 3.29. The SMILES string of the molecule is CCc1cccc(CC)c1NC(=O)COC(=O)Cc1ccc2ccccc2c1. The molecule has 0 aromatic heterocycles. The molecule has 0 unspecified atom stereocenters. The van der Waals surface area contributed by atoms with Crippen LogP contribution < -0.4 is 5.32 Å². The lowest BCUT2D eigenvalue weighted by Gasteiger charge is -2.14. The third-order valence-corrected chi connectivity index (χ3v) is 4.79. The van der Waals surface area contributed by atoms with Gasteiger partial charge in [0, 0.05) is 5.69 Å². The number of hydrogen-bond donors (Lipinski definition) is 1. The van der Waals surface area contributed by atoms with E-state index in [1.807, 2.05) is 74.5 Å². The Hall–Kier alpha value is -3.14. The van der Waals surface area contributed by atoms with Gasteiger partial charge in [0.2, 0.25) is 0 Å². The molecule has 0 bridgehead atoms. The molecule has 0 saturated carbocycles. The number of carbonyl (C=O) groups excluding carboxylic acids is 2. The van der Waals surface area contributed by atoms with Crippen LogP contribution in [0, 0.1) is 0 Å². The van der Waals surface area contributed by atoms with Gasteiger partial charge in [-0.2, -0.15) is 0 Å². The van der Waals surface area contributed by atoms with Gasteiger partial charge in [-0.3, -0.25) is 9.59 Å². The van der Waals surface area contributed by atoms with E-state index in [2.05, 4.69) is 5.32 Å². The van der Waals surface area contributed by atoms with Gasteiger partial charge in [-0.05, 0) is 40.3 Å². The lowest BCUT2D eigenvalue weighted by molar-refractivity contribution is -0.146. The van der Waals surface area contributed by atoms with Crippen molar-refractivity contribution in [2.45, 2.75) is 33.1 Å². The molecule has 1 N–H and O–H groups in total. The standard InChI is InChI=1S/C24H25NO3/c1-3-18-10-7-11-19(4-2)24(18)25-22(26)16-28-23(27)15-17-12-13-20-8-5-6-9-21(20)14-17/h5-14H,3-4,15-16H2,1-2H3,(H,25,26). The molecule has 0 aliphatic carbocycles. The zero-order valence-electron chi connectivity index (χ0n) is 16.3. The Morgan fingerprint density at radius 1 is 0.857 bits per heavy atom. The third kappa shape index (κ3) is 4.77. The molecular formula is C24H25NO3. The largest absolute Gasteiger partial charge is 0.455 e. The van der Waals surface area contributed by atoms with E-state index in [1.165, 1.54) is 0 Å². The van der Waals surface area contributed by atoms with Crippen molar-refractivity contribution < 1.29 is 14.3 Å². The quantitative estimate of drug-likeness (QED) is 0.610. The number of hydrogen-bond acceptors (Lipinski definition) is 3. The number of benzene rings is 3. The van der Waals surface area contributed by atoms with E-state index in [4.69, 9.17) is 4.74 Å². The highest BCUT2D eigenvalue weighted by atomic mass is 16.5. The van der Waals surface area contributed by atoms with E-state index < -0.39 is 5.97 Å². The highest BCUT2D eigenvalue weighted by Crippen LogP contribution is 2.22. The number of amides is 1. The van der Waals surface area contributed by atoms with Gasteiger partial charge in [0.25, 0.3) is 5.91 Å². The van der Waals surface area contributed by atoms with E-state index >= 15 is 0 Å². The van der Waals surface area contributed by atoms with Gasteiger partial charge in [-0.15, -0.1) is 0 Å². The average molecular weight is 375 g/mol. The summed E-state index contributed by atoms with van der Waals surface area (Å²) in [5, 5.41) is 5.11. The van der Waals surface area contributed by atoms with Crippen LogP contribution in [0.4, 0.5) is 5.69 Å². The first kappa shape index (κ1) is 19.6. The molecule has 3 rings (SSSR count). The minimum Gasteiger partial charge on any atom is -0.455 e. The molecule has 4 heteroatoms. The summed E-state index contributed by atoms with van der Waals surface area (Å²) in [6, 6.07) is 19.9. The Bertz CT molecular complexity index is 972. The molecule has 3 aromatic carbocycles. The van der Waals surface area contributed by atoms with Gasteiger partial charge in [-0.25, -0.2) is 0 Å². The van der Waals surface area contributed by atoms with Crippen molar-refractivity contribution in [2.24, 2.45) is 0 Å². The molecule has 0 atom stereocenters. The number of carbonyl (C=O) groups is 2. The second-order valence-corrected chi connectivity index (χ2v) is 6.73. The van der Waals surface area contributed by atoms with E-state index in [1.54, 1.807) is 0 Å². The molecule has 0 spiro atoms. The van der Waals surface area contributed by atoms with Crippen LogP contribution in [-0.2, 0) is 33.6 Å². The van der Waals surface area contributed by atoms with Crippen molar-refractivity contribution >= 4 is 28.3 Å². The van der Waals surface area contributed by atoms with E-state index in [-0.39, 0.29) is 18.9 Å². The van der Waals surface area contributed by atoms with Gasteiger partial charge in [0.05, 0.1) is 6.42 Å². The second-order valence-electron chi connectivity index (χ2n) is 6.73. The van der Waals surface area contributed by atoms with Crippen LogP contribution in [0.3, 0.4) is 0 Å². The first-order valence-electron chi connectivity index (χ1n) is 9.64. The number of anilines is 1. The number of aryl methyl sites for hydroxylation is 2. The normalized spacial score (nSPS) is 10.6. The summed E-state index contributed by atoms with van der Waals surface area (Å²) in [6.07, 6.45) is 1.79. The van der Waals surface area contributed by atoms with Crippen molar-refractivity contribution in [1.29, 1.82) is 0 Å². The van der Waals surface area contributed by atoms with Crippen LogP contribution in [0.15, 0.2) is 60.7 Å². The lowest BCUT2D eigenvalue weighted by atomic mass is 10.0. The highest BCUT2D eigenvalue weighted by molar-refractivity contribution is 5.94. The summed E-state index contributed by atoms with van der Waals surface area (Å²) in [4.78, 5) is 24.4. The van der Waals surface area contributed by atoms with E-state index in [0.29, 0.717) is 0 Å². The van der Waals surface area contributed by atoms with Crippen molar-refractivity contribution in [3.05, 3.63) is 77.4 Å². The van der Waals surface area contributed by atoms with Gasteiger partial charge in [0.1, 0.15) is 0 Å². The summed E-state index contributed by atoms with van der Waals surface area (Å²) < 4.78 is 5.19. The molecule has 3 aromatic rings. The van der Waals surface area contributed by atoms with Crippen molar-refractivity contribution in [3.63, 3.8) is 0 Å². The van der Waals surface area contributed by atoms with Crippen LogP contribution in [0.5, 0.6) is 0 Å². The van der Waals surface area contributed by atoms with Crippen LogP contribution in [0.1, 0.15) is 30.5 Å². The summed E-state index contributed by atoms with van der Waals surface area (Å²) in [5.74, 6) is -0.729. The maximum Gasteiger partial charge on any atom is 0.310 e. The summed E-state index contributed by atoms with van der Waals surface area (Å²) in [6.45, 7) is 3.82. The number of nitrogens with one attached hydrogen (secondary N) is 1. The molecule has 1 amide bonds. The summed E-state index contributed by atoms with van der Waals surface area (Å²) in [7, 11) is 0. The molecule has 144 valence electrons. The Morgan fingerprint density at radius 3 is 2.21 bits per heavy atom. The minimum absolute atomic E-state index is 0.143.